The van der Waals surface area contributed by atoms with Crippen LogP contribution in [0.3, 0.4) is 0 Å². The third-order valence-corrected chi connectivity index (χ3v) is 4.71. The first-order chi connectivity index (χ1) is 13.4. The zero-order valence-corrected chi connectivity index (χ0v) is 16.7. The second-order valence-electron chi connectivity index (χ2n) is 6.64. The Labute approximate surface area is 169 Å². The largest absolute Gasteiger partial charge is 0.321 e. The minimum atomic E-state index is -0.467. The Hall–Kier alpha value is -3.29. The molecule has 2 aromatic carbocycles. The van der Waals surface area contributed by atoms with Crippen LogP contribution in [0, 0.1) is 32.1 Å². The van der Waals surface area contributed by atoms with E-state index in [1.807, 2.05) is 51.1 Å². The monoisotopic (exact) mass is 389 g/mol. The van der Waals surface area contributed by atoms with Gasteiger partial charge in [-0.25, -0.2) is 0 Å². The maximum atomic E-state index is 12.5. The van der Waals surface area contributed by atoms with Gasteiger partial charge in [-0.15, -0.1) is 0 Å². The second kappa shape index (κ2) is 8.16. The van der Waals surface area contributed by atoms with Crippen LogP contribution in [0.5, 0.6) is 0 Å². The van der Waals surface area contributed by atoms with Crippen molar-refractivity contribution in [2.24, 2.45) is 0 Å². The predicted octanol–water partition coefficient (Wildman–Crippen LogP) is 5.60. The summed E-state index contributed by atoms with van der Waals surface area (Å²) < 4.78 is 2.11. The maximum absolute atomic E-state index is 12.5. The average molecular weight is 390 g/mol. The fourth-order valence-corrected chi connectivity index (χ4v) is 3.36. The summed E-state index contributed by atoms with van der Waals surface area (Å²) in [5, 5.41) is 12.7. The smallest absolute Gasteiger partial charge is 0.266 e. The Morgan fingerprint density at radius 1 is 1.11 bits per heavy atom. The first kappa shape index (κ1) is 19.5. The summed E-state index contributed by atoms with van der Waals surface area (Å²) in [7, 11) is 0. The lowest BCUT2D eigenvalue weighted by Crippen LogP contribution is -2.13. The number of nitrogens with one attached hydrogen (secondary N) is 1. The van der Waals surface area contributed by atoms with Crippen LogP contribution in [0.4, 0.5) is 5.69 Å². The van der Waals surface area contributed by atoms with E-state index in [0.717, 1.165) is 22.6 Å². The van der Waals surface area contributed by atoms with Crippen molar-refractivity contribution in [1.82, 2.24) is 4.57 Å². The van der Waals surface area contributed by atoms with Crippen molar-refractivity contribution >= 4 is 29.3 Å². The molecule has 3 aromatic rings. The molecule has 0 spiro atoms. The summed E-state index contributed by atoms with van der Waals surface area (Å²) in [6, 6.07) is 19.0. The molecule has 0 bridgehead atoms. The van der Waals surface area contributed by atoms with Gasteiger partial charge in [0.2, 0.25) is 0 Å². The number of aromatic nitrogens is 1. The lowest BCUT2D eigenvalue weighted by Gasteiger charge is -2.10. The number of nitriles is 1. The van der Waals surface area contributed by atoms with E-state index in [1.54, 1.807) is 30.3 Å². The molecule has 1 aromatic heterocycles. The van der Waals surface area contributed by atoms with Gasteiger partial charge >= 0.3 is 0 Å². The molecule has 3 rings (SSSR count). The molecule has 5 heteroatoms. The van der Waals surface area contributed by atoms with Crippen molar-refractivity contribution in [2.45, 2.75) is 20.8 Å². The van der Waals surface area contributed by atoms with Crippen LogP contribution in [0.1, 0.15) is 22.5 Å². The minimum absolute atomic E-state index is 0.0319. The van der Waals surface area contributed by atoms with Crippen molar-refractivity contribution < 1.29 is 4.79 Å². The zero-order chi connectivity index (χ0) is 20.3. The van der Waals surface area contributed by atoms with Crippen LogP contribution in [0.2, 0.25) is 5.02 Å². The first-order valence-corrected chi connectivity index (χ1v) is 9.21. The summed E-state index contributed by atoms with van der Waals surface area (Å²) in [4.78, 5) is 12.5. The van der Waals surface area contributed by atoms with E-state index in [1.165, 1.54) is 5.56 Å². The molecule has 0 saturated carbocycles. The molecule has 140 valence electrons. The Morgan fingerprint density at radius 2 is 1.86 bits per heavy atom. The highest BCUT2D eigenvalue weighted by atomic mass is 35.5. The molecule has 0 radical (unpaired) electrons. The Bertz CT molecular complexity index is 1120. The van der Waals surface area contributed by atoms with Crippen molar-refractivity contribution in [1.29, 1.82) is 5.26 Å². The first-order valence-electron chi connectivity index (χ1n) is 8.83. The van der Waals surface area contributed by atoms with Crippen LogP contribution in [-0.4, -0.2) is 10.5 Å². The number of hydrogen-bond donors (Lipinski definition) is 1. The van der Waals surface area contributed by atoms with Gasteiger partial charge in [-0.3, -0.25) is 4.79 Å². The summed E-state index contributed by atoms with van der Waals surface area (Å²) in [5.74, 6) is -0.467. The molecule has 1 N–H and O–H groups in total. The van der Waals surface area contributed by atoms with E-state index in [0.29, 0.717) is 10.7 Å². The molecule has 4 nitrogen and oxygen atoms in total. The molecule has 0 aliphatic heterocycles. The fourth-order valence-electron chi connectivity index (χ4n) is 3.17. The van der Waals surface area contributed by atoms with E-state index in [-0.39, 0.29) is 5.57 Å². The molecule has 1 amide bonds. The predicted molar refractivity (Wildman–Crippen MR) is 114 cm³/mol. The SMILES string of the molecule is Cc1cccc(-n2c(C)cc(/C=C(/C#N)C(=O)Nc3cccc(Cl)c3)c2C)c1. The van der Waals surface area contributed by atoms with Crippen LogP contribution >= 0.6 is 11.6 Å². The fraction of sp³-hybridized carbons (Fsp3) is 0.130. The highest BCUT2D eigenvalue weighted by molar-refractivity contribution is 6.31. The van der Waals surface area contributed by atoms with Gasteiger partial charge in [0.15, 0.2) is 0 Å². The number of amides is 1. The summed E-state index contributed by atoms with van der Waals surface area (Å²) in [6.07, 6.45) is 1.62. The molecular weight excluding hydrogens is 370 g/mol. The highest BCUT2D eigenvalue weighted by Gasteiger charge is 2.14. The number of carbonyl (C=O) groups is 1. The lowest BCUT2D eigenvalue weighted by atomic mass is 10.1. The molecule has 1 heterocycles. The van der Waals surface area contributed by atoms with Gasteiger partial charge in [-0.05, 0) is 74.4 Å². The molecule has 28 heavy (non-hydrogen) atoms. The van der Waals surface area contributed by atoms with Crippen LogP contribution in [0.15, 0.2) is 60.2 Å². The van der Waals surface area contributed by atoms with Gasteiger partial charge in [0.05, 0.1) is 0 Å². The van der Waals surface area contributed by atoms with E-state index in [4.69, 9.17) is 11.6 Å². The topological polar surface area (TPSA) is 57.8 Å². The third kappa shape index (κ3) is 4.16. The van der Waals surface area contributed by atoms with Gasteiger partial charge in [0.1, 0.15) is 11.6 Å². The van der Waals surface area contributed by atoms with E-state index in [9.17, 15) is 10.1 Å². The summed E-state index contributed by atoms with van der Waals surface area (Å²) >= 11 is 5.95. The molecule has 0 aliphatic carbocycles. The number of carbonyl (C=O) groups excluding carboxylic acids is 1. The normalized spacial score (nSPS) is 11.2. The number of benzene rings is 2. The number of rotatable bonds is 4. The lowest BCUT2D eigenvalue weighted by molar-refractivity contribution is -0.112. The number of aryl methyl sites for hydroxylation is 2. The summed E-state index contributed by atoms with van der Waals surface area (Å²) in [5.41, 5.74) is 5.62. The van der Waals surface area contributed by atoms with Crippen molar-refractivity contribution in [2.75, 3.05) is 5.32 Å². The summed E-state index contributed by atoms with van der Waals surface area (Å²) in [6.45, 7) is 6.03. The molecule has 0 saturated heterocycles. The van der Waals surface area contributed by atoms with Gasteiger partial charge in [0, 0.05) is 27.8 Å². The van der Waals surface area contributed by atoms with Crippen molar-refractivity contribution in [3.8, 4) is 11.8 Å². The molecular formula is C23H20ClN3O. The van der Waals surface area contributed by atoms with Crippen LogP contribution < -0.4 is 5.32 Å². The van der Waals surface area contributed by atoms with Crippen molar-refractivity contribution in [3.05, 3.63) is 87.7 Å². The molecule has 0 unspecified atom stereocenters. The van der Waals surface area contributed by atoms with Gasteiger partial charge in [-0.2, -0.15) is 5.26 Å². The average Bonchev–Trinajstić information content (AvgIpc) is 2.92. The minimum Gasteiger partial charge on any atom is -0.321 e. The highest BCUT2D eigenvalue weighted by Crippen LogP contribution is 2.24. The van der Waals surface area contributed by atoms with Crippen molar-refractivity contribution in [3.63, 3.8) is 0 Å². The second-order valence-corrected chi connectivity index (χ2v) is 7.07. The van der Waals surface area contributed by atoms with E-state index in [2.05, 4.69) is 16.0 Å². The number of nitrogens with zero attached hydrogens (tertiary/aromatic N) is 2. The third-order valence-electron chi connectivity index (χ3n) is 4.48. The molecule has 0 atom stereocenters. The molecule has 0 aliphatic rings. The number of halogens is 1. The van der Waals surface area contributed by atoms with Gasteiger partial charge < -0.3 is 9.88 Å². The standard InChI is InChI=1S/C23H20ClN3O/c1-15-6-4-9-22(10-15)27-16(2)11-18(17(27)3)12-19(14-25)23(28)26-21-8-5-7-20(24)13-21/h4-13H,1-3H3,(H,26,28)/b19-12-. The number of hydrogen-bond acceptors (Lipinski definition) is 2. The van der Waals surface area contributed by atoms with E-state index < -0.39 is 5.91 Å². The Morgan fingerprint density at radius 3 is 2.54 bits per heavy atom. The van der Waals surface area contributed by atoms with Crippen LogP contribution in [-0.2, 0) is 4.79 Å². The Balaban J connectivity index is 1.94. The number of anilines is 1. The Kier molecular flexibility index (Phi) is 5.67. The van der Waals surface area contributed by atoms with Crippen LogP contribution in [0.25, 0.3) is 11.8 Å². The quantitative estimate of drug-likeness (QED) is 0.466. The van der Waals surface area contributed by atoms with Gasteiger partial charge in [0.25, 0.3) is 5.91 Å². The maximum Gasteiger partial charge on any atom is 0.266 e. The van der Waals surface area contributed by atoms with Gasteiger partial charge in [-0.1, -0.05) is 29.8 Å². The molecule has 0 fully saturated rings. The van der Waals surface area contributed by atoms with E-state index >= 15 is 0 Å². The zero-order valence-electron chi connectivity index (χ0n) is 16.0.